The lowest BCUT2D eigenvalue weighted by molar-refractivity contribution is 1.07. The Labute approximate surface area is 566 Å². The highest BCUT2D eigenvalue weighted by molar-refractivity contribution is 6.13. The van der Waals surface area contributed by atoms with Crippen LogP contribution in [0.5, 0.6) is 0 Å². The minimum absolute atomic E-state index is 0.392. The highest BCUT2D eigenvalue weighted by Crippen LogP contribution is 2.44. The minimum Gasteiger partial charge on any atom is -0.309 e. The molecule has 0 radical (unpaired) electrons. The van der Waals surface area contributed by atoms with Gasteiger partial charge in [0.05, 0.1) is 57.0 Å². The fourth-order valence-corrected chi connectivity index (χ4v) is 14.0. The second kappa shape index (κ2) is 24.6. The zero-order valence-electron chi connectivity index (χ0n) is 52.8. The van der Waals surface area contributed by atoms with Crippen LogP contribution in [0.15, 0.2) is 328 Å². The van der Waals surface area contributed by atoms with E-state index in [0.29, 0.717) is 45.3 Å². The van der Waals surface area contributed by atoms with Crippen LogP contribution in [0, 0.1) is 34.0 Å². The molecular weight excluding hydrogens is 1190 g/mol. The van der Waals surface area contributed by atoms with E-state index in [-0.39, 0.29) is 0 Å². The molecule has 0 aliphatic carbocycles. The van der Waals surface area contributed by atoms with Crippen LogP contribution in [0.3, 0.4) is 0 Å². The van der Waals surface area contributed by atoms with Gasteiger partial charge in [0.1, 0.15) is 0 Å². The topological polar surface area (TPSA) is 120 Å². The van der Waals surface area contributed by atoms with Gasteiger partial charge in [-0.1, -0.05) is 206 Å². The van der Waals surface area contributed by atoms with Gasteiger partial charge in [-0.25, -0.2) is 15.0 Å². The summed E-state index contributed by atoms with van der Waals surface area (Å²) in [4.78, 5) is 16.7. The summed E-state index contributed by atoms with van der Waals surface area (Å²) < 4.78 is 4.66. The smallest absolute Gasteiger partial charge is 0.164 e. The first-order chi connectivity index (χ1) is 48.4. The van der Waals surface area contributed by atoms with Gasteiger partial charge in [-0.05, 0) is 199 Å². The third kappa shape index (κ3) is 10.5. The van der Waals surface area contributed by atoms with Gasteiger partial charge in [-0.3, -0.25) is 0 Å². The standard InChI is InChI=1S/C90H54N8/c91-55-58-18-15-29-69(46-58)74-32-13-14-33-75(74)88-94-89(76-40-38-72(53-78(76)70-30-16-19-59(47-70)56-92)97-84-42-34-65(61-21-5-1-6-22-61)49-80(84)81-50-66(35-43-85(81)97)62-23-7-2-8-24-62)96-90(95-88)77-41-39-73(54-79(77)71-31-17-20-60(48-71)57-93)98-86-44-36-67(63-25-9-3-10-26-63)51-82(86)83-52-68(37-45-87(83)98)64-27-11-4-12-28-64/h1-54H. The zero-order chi connectivity index (χ0) is 65.6. The predicted molar refractivity (Wildman–Crippen MR) is 397 cm³/mol. The van der Waals surface area contributed by atoms with Gasteiger partial charge in [-0.15, -0.1) is 0 Å². The van der Waals surface area contributed by atoms with Gasteiger partial charge in [0.2, 0.25) is 0 Å². The number of aromatic nitrogens is 5. The van der Waals surface area contributed by atoms with E-state index >= 15 is 0 Å². The van der Waals surface area contributed by atoms with Crippen molar-refractivity contribution < 1.29 is 0 Å². The number of hydrogen-bond acceptors (Lipinski definition) is 6. The summed E-state index contributed by atoms with van der Waals surface area (Å²) in [6.45, 7) is 0. The monoisotopic (exact) mass is 1250 g/mol. The Balaban J connectivity index is 0.909. The van der Waals surface area contributed by atoms with Crippen molar-refractivity contribution in [2.45, 2.75) is 0 Å². The zero-order valence-corrected chi connectivity index (χ0v) is 52.8. The molecule has 14 aromatic carbocycles. The van der Waals surface area contributed by atoms with Crippen molar-refractivity contribution in [3.05, 3.63) is 344 Å². The molecule has 8 nitrogen and oxygen atoms in total. The maximum absolute atomic E-state index is 10.5. The van der Waals surface area contributed by atoms with Crippen molar-refractivity contribution in [1.29, 1.82) is 15.8 Å². The molecule has 0 spiro atoms. The summed E-state index contributed by atoms with van der Waals surface area (Å²) in [6, 6.07) is 120. The number of benzene rings is 14. The van der Waals surface area contributed by atoms with Crippen LogP contribution in [-0.4, -0.2) is 24.1 Å². The van der Waals surface area contributed by atoms with E-state index in [1.165, 1.54) is 0 Å². The van der Waals surface area contributed by atoms with Crippen molar-refractivity contribution in [2.75, 3.05) is 0 Å². The normalized spacial score (nSPS) is 11.2. The summed E-state index contributed by atoms with van der Waals surface area (Å²) in [5.41, 5.74) is 23.4. The summed E-state index contributed by atoms with van der Waals surface area (Å²) in [6.07, 6.45) is 0. The molecule has 3 aromatic heterocycles. The molecule has 0 amide bonds. The first kappa shape index (κ1) is 58.0. The lowest BCUT2D eigenvalue weighted by atomic mass is 9.95. The number of nitrogens with zero attached hydrogens (tertiary/aromatic N) is 8. The highest BCUT2D eigenvalue weighted by atomic mass is 15.0. The van der Waals surface area contributed by atoms with Crippen molar-refractivity contribution >= 4 is 43.6 Å². The van der Waals surface area contributed by atoms with Gasteiger partial charge >= 0.3 is 0 Å². The summed E-state index contributed by atoms with van der Waals surface area (Å²) >= 11 is 0. The van der Waals surface area contributed by atoms with E-state index in [4.69, 9.17) is 15.0 Å². The molecule has 0 bridgehead atoms. The van der Waals surface area contributed by atoms with Crippen molar-refractivity contribution in [3.63, 3.8) is 0 Å². The van der Waals surface area contributed by atoms with Gasteiger partial charge in [0.15, 0.2) is 17.5 Å². The fourth-order valence-electron chi connectivity index (χ4n) is 14.0. The Kier molecular flexibility index (Phi) is 14.5. The molecule has 0 N–H and O–H groups in total. The van der Waals surface area contributed by atoms with E-state index in [1.54, 1.807) is 6.07 Å². The molecule has 0 aliphatic heterocycles. The average Bonchev–Trinajstić information content (AvgIpc) is 1.56. The fraction of sp³-hybridized carbons (Fsp3) is 0. The van der Waals surface area contributed by atoms with Crippen LogP contribution in [0.25, 0.3) is 167 Å². The SMILES string of the molecule is N#Cc1cccc(-c2ccccc2-c2nc(-c3ccc(-n4c5ccc(-c6ccccc6)cc5c5cc(-c6ccccc6)ccc54)cc3-c3cccc(C#N)c3)nc(-c3ccc(-n4c5ccc(-c6ccccc6)cc5c5cc(-c6ccccc6)ccc54)cc3-c3cccc(C#N)c3)n2)c1. The molecule has 0 atom stereocenters. The van der Waals surface area contributed by atoms with E-state index in [0.717, 1.165) is 138 Å². The van der Waals surface area contributed by atoms with Crippen LogP contribution in [0.1, 0.15) is 16.7 Å². The van der Waals surface area contributed by atoms with Crippen molar-refractivity contribution in [1.82, 2.24) is 24.1 Å². The predicted octanol–water partition coefficient (Wildman–Crippen LogP) is 22.4. The van der Waals surface area contributed by atoms with Gasteiger partial charge in [-0.2, -0.15) is 15.8 Å². The molecule has 17 rings (SSSR count). The second-order valence-corrected chi connectivity index (χ2v) is 24.5. The molecule has 8 heteroatoms. The first-order valence-electron chi connectivity index (χ1n) is 32.5. The Morgan fingerprint density at radius 1 is 0.204 bits per heavy atom. The second-order valence-electron chi connectivity index (χ2n) is 24.5. The molecular formula is C90H54N8. The Morgan fingerprint density at radius 3 is 0.796 bits per heavy atom. The first-order valence-corrected chi connectivity index (χ1v) is 32.5. The number of fused-ring (bicyclic) bond motifs is 6. The average molecular weight is 1250 g/mol. The summed E-state index contributed by atoms with van der Waals surface area (Å²) in [5, 5.41) is 35.7. The Hall–Kier alpha value is -13.8. The summed E-state index contributed by atoms with van der Waals surface area (Å²) in [5.74, 6) is 1.19. The van der Waals surface area contributed by atoms with Gasteiger partial charge < -0.3 is 9.13 Å². The minimum atomic E-state index is 0.392. The number of hydrogen-bond donors (Lipinski definition) is 0. The molecule has 0 unspecified atom stereocenters. The molecule has 17 aromatic rings. The van der Waals surface area contributed by atoms with Crippen LogP contribution >= 0.6 is 0 Å². The molecule has 0 saturated carbocycles. The van der Waals surface area contributed by atoms with Crippen LogP contribution in [0.2, 0.25) is 0 Å². The summed E-state index contributed by atoms with van der Waals surface area (Å²) in [7, 11) is 0. The van der Waals surface area contributed by atoms with Crippen LogP contribution in [-0.2, 0) is 0 Å². The Morgan fingerprint density at radius 2 is 0.480 bits per heavy atom. The van der Waals surface area contributed by atoms with E-state index in [2.05, 4.69) is 234 Å². The number of nitriles is 3. The van der Waals surface area contributed by atoms with E-state index in [9.17, 15) is 15.8 Å². The van der Waals surface area contributed by atoms with Crippen LogP contribution < -0.4 is 0 Å². The molecule has 3 heterocycles. The van der Waals surface area contributed by atoms with E-state index < -0.39 is 0 Å². The third-order valence-corrected chi connectivity index (χ3v) is 18.7. The molecule has 98 heavy (non-hydrogen) atoms. The third-order valence-electron chi connectivity index (χ3n) is 18.7. The maximum atomic E-state index is 10.5. The van der Waals surface area contributed by atoms with Crippen molar-refractivity contribution in [3.8, 4) is 142 Å². The Bertz CT molecular complexity index is 5630. The van der Waals surface area contributed by atoms with E-state index in [1.807, 2.05) is 115 Å². The number of rotatable bonds is 12. The quantitative estimate of drug-likeness (QED) is 0.120. The lowest BCUT2D eigenvalue weighted by Crippen LogP contribution is -2.04. The molecule has 0 aliphatic rings. The van der Waals surface area contributed by atoms with Gasteiger partial charge in [0.25, 0.3) is 0 Å². The largest absolute Gasteiger partial charge is 0.309 e. The molecule has 454 valence electrons. The molecule has 0 saturated heterocycles. The van der Waals surface area contributed by atoms with Crippen molar-refractivity contribution in [2.24, 2.45) is 0 Å². The lowest BCUT2D eigenvalue weighted by Gasteiger charge is -2.18. The van der Waals surface area contributed by atoms with Crippen LogP contribution in [0.4, 0.5) is 0 Å². The van der Waals surface area contributed by atoms with Gasteiger partial charge in [0, 0.05) is 49.6 Å². The highest BCUT2D eigenvalue weighted by Gasteiger charge is 2.25. The molecule has 0 fully saturated rings. The maximum Gasteiger partial charge on any atom is 0.164 e.